The molecule has 0 bridgehead atoms. The summed E-state index contributed by atoms with van der Waals surface area (Å²) in [5, 5.41) is 17.8. The minimum atomic E-state index is -0.787. The third-order valence-corrected chi connectivity index (χ3v) is 2.00. The molecule has 0 aromatic rings. The largest absolute Gasteiger partial charge is 0.481 e. The van der Waals surface area contributed by atoms with E-state index in [2.05, 4.69) is 16.0 Å². The highest BCUT2D eigenvalue weighted by Crippen LogP contribution is 2.13. The normalized spacial score (nSPS) is 11.6. The van der Waals surface area contributed by atoms with Gasteiger partial charge in [-0.1, -0.05) is 0 Å². The molecule has 0 atom stereocenters. The molecule has 0 saturated heterocycles. The van der Waals surface area contributed by atoms with Crippen LogP contribution in [0.3, 0.4) is 0 Å². The summed E-state index contributed by atoms with van der Waals surface area (Å²) in [5.74, 6) is -0.787. The predicted molar refractivity (Wildman–Crippen MR) is 51.8 cm³/mol. The van der Waals surface area contributed by atoms with Gasteiger partial charge in [0.2, 0.25) is 0 Å². The number of hydrogen-bond donors (Lipinski definition) is 4. The number of carboxylic acid groups (broad SMARTS) is 1. The average molecular weight is 189 g/mol. The van der Waals surface area contributed by atoms with E-state index in [4.69, 9.17) is 5.11 Å². The van der Waals surface area contributed by atoms with Crippen LogP contribution in [0.5, 0.6) is 0 Å². The number of rotatable bonds is 7. The summed E-state index contributed by atoms with van der Waals surface area (Å²) >= 11 is 0. The number of nitrogens with one attached hydrogen (secondary N) is 3. The minimum absolute atomic E-state index is 0.448. The Morgan fingerprint density at radius 2 is 1.38 bits per heavy atom. The molecule has 0 aliphatic rings. The first-order valence-corrected chi connectivity index (χ1v) is 4.30. The summed E-state index contributed by atoms with van der Waals surface area (Å²) in [6.07, 6.45) is 0. The molecule has 0 saturated carbocycles. The van der Waals surface area contributed by atoms with Crippen molar-refractivity contribution < 1.29 is 9.90 Å². The van der Waals surface area contributed by atoms with E-state index in [9.17, 15) is 4.79 Å². The third-order valence-electron chi connectivity index (χ3n) is 2.00. The van der Waals surface area contributed by atoms with Crippen molar-refractivity contribution in [3.05, 3.63) is 0 Å². The number of carboxylic acids is 1. The molecule has 0 aliphatic heterocycles. The van der Waals surface area contributed by atoms with Gasteiger partial charge in [0.25, 0.3) is 0 Å². The maximum Gasteiger partial charge on any atom is 0.313 e. The lowest BCUT2D eigenvalue weighted by Gasteiger charge is -2.28. The second-order valence-corrected chi connectivity index (χ2v) is 3.18. The molecule has 0 aromatic carbocycles. The molecule has 4 N–H and O–H groups in total. The van der Waals surface area contributed by atoms with Crippen molar-refractivity contribution in [2.45, 2.75) is 0 Å². The molecule has 0 rings (SSSR count). The van der Waals surface area contributed by atoms with Gasteiger partial charge in [-0.25, -0.2) is 0 Å². The van der Waals surface area contributed by atoms with Crippen LogP contribution in [0.25, 0.3) is 0 Å². The van der Waals surface area contributed by atoms with E-state index in [0.717, 1.165) is 0 Å². The molecule has 0 aliphatic carbocycles. The lowest BCUT2D eigenvalue weighted by molar-refractivity contribution is -0.148. The molecule has 0 aromatic heterocycles. The fraction of sp³-hybridized carbons (Fsp3) is 0.875. The van der Waals surface area contributed by atoms with E-state index in [1.54, 1.807) is 21.1 Å². The zero-order valence-electron chi connectivity index (χ0n) is 8.48. The molecule has 5 heteroatoms. The summed E-state index contributed by atoms with van der Waals surface area (Å²) in [7, 11) is 5.26. The molecular weight excluding hydrogens is 170 g/mol. The van der Waals surface area contributed by atoms with Crippen molar-refractivity contribution in [3.63, 3.8) is 0 Å². The lowest BCUT2D eigenvalue weighted by atomic mass is 9.88. The highest BCUT2D eigenvalue weighted by molar-refractivity contribution is 5.75. The third kappa shape index (κ3) is 3.30. The Labute approximate surface area is 78.9 Å². The Balaban J connectivity index is 4.48. The van der Waals surface area contributed by atoms with Gasteiger partial charge in [0.15, 0.2) is 0 Å². The average Bonchev–Trinajstić information content (AvgIpc) is 2.05. The van der Waals surface area contributed by atoms with Crippen molar-refractivity contribution in [2.24, 2.45) is 5.41 Å². The summed E-state index contributed by atoms with van der Waals surface area (Å²) in [4.78, 5) is 11.1. The Bertz CT molecular complexity index is 144. The minimum Gasteiger partial charge on any atom is -0.481 e. The predicted octanol–water partition coefficient (Wildman–Crippen LogP) is -1.28. The molecule has 0 heterocycles. The first-order valence-electron chi connectivity index (χ1n) is 4.30. The van der Waals surface area contributed by atoms with Crippen LogP contribution in [-0.2, 0) is 4.79 Å². The first-order chi connectivity index (χ1) is 6.13. The van der Waals surface area contributed by atoms with Crippen molar-refractivity contribution in [2.75, 3.05) is 40.8 Å². The molecule has 13 heavy (non-hydrogen) atoms. The van der Waals surface area contributed by atoms with E-state index < -0.39 is 11.4 Å². The van der Waals surface area contributed by atoms with E-state index in [1.165, 1.54) is 0 Å². The van der Waals surface area contributed by atoms with Crippen LogP contribution in [0.2, 0.25) is 0 Å². The van der Waals surface area contributed by atoms with Crippen LogP contribution in [0.1, 0.15) is 0 Å². The van der Waals surface area contributed by atoms with Crippen LogP contribution in [0, 0.1) is 5.41 Å². The maximum absolute atomic E-state index is 11.1. The Morgan fingerprint density at radius 1 is 1.08 bits per heavy atom. The second kappa shape index (κ2) is 5.90. The Morgan fingerprint density at radius 3 is 1.54 bits per heavy atom. The number of carbonyl (C=O) groups is 1. The smallest absolute Gasteiger partial charge is 0.313 e. The van der Waals surface area contributed by atoms with Crippen LogP contribution < -0.4 is 16.0 Å². The number of hydrogen-bond acceptors (Lipinski definition) is 4. The summed E-state index contributed by atoms with van der Waals surface area (Å²) in [6, 6.07) is 0. The fourth-order valence-electron chi connectivity index (χ4n) is 1.43. The van der Waals surface area contributed by atoms with Crippen molar-refractivity contribution in [3.8, 4) is 0 Å². The standard InChI is InChI=1S/C8H19N3O2/c1-9-4-8(5-10-2,6-11-3)7(12)13/h9-11H,4-6H2,1-3H3,(H,12,13). The molecule has 0 radical (unpaired) electrons. The van der Waals surface area contributed by atoms with Gasteiger partial charge in [-0.2, -0.15) is 0 Å². The van der Waals surface area contributed by atoms with Gasteiger partial charge in [0, 0.05) is 19.6 Å². The van der Waals surface area contributed by atoms with Gasteiger partial charge >= 0.3 is 5.97 Å². The summed E-state index contributed by atoms with van der Waals surface area (Å²) in [6.45, 7) is 1.35. The molecule has 5 nitrogen and oxygen atoms in total. The Hall–Kier alpha value is -0.650. The van der Waals surface area contributed by atoms with Crippen molar-refractivity contribution >= 4 is 5.97 Å². The number of aliphatic carboxylic acids is 1. The van der Waals surface area contributed by atoms with Gasteiger partial charge in [-0.05, 0) is 21.1 Å². The first kappa shape index (κ1) is 12.3. The highest BCUT2D eigenvalue weighted by Gasteiger charge is 2.36. The Kier molecular flexibility index (Phi) is 5.61. The van der Waals surface area contributed by atoms with E-state index in [-0.39, 0.29) is 0 Å². The summed E-state index contributed by atoms with van der Waals surface area (Å²) in [5.41, 5.74) is -0.766. The van der Waals surface area contributed by atoms with Gasteiger partial charge in [0.1, 0.15) is 5.41 Å². The van der Waals surface area contributed by atoms with E-state index in [1.807, 2.05) is 0 Å². The molecule has 0 fully saturated rings. The maximum atomic E-state index is 11.1. The highest BCUT2D eigenvalue weighted by atomic mass is 16.4. The summed E-state index contributed by atoms with van der Waals surface area (Å²) < 4.78 is 0. The zero-order valence-corrected chi connectivity index (χ0v) is 8.48. The topological polar surface area (TPSA) is 73.4 Å². The molecule has 0 unspecified atom stereocenters. The molecule has 0 amide bonds. The van der Waals surface area contributed by atoms with E-state index >= 15 is 0 Å². The molecule has 0 spiro atoms. The van der Waals surface area contributed by atoms with Gasteiger partial charge in [0.05, 0.1) is 0 Å². The van der Waals surface area contributed by atoms with E-state index in [0.29, 0.717) is 19.6 Å². The monoisotopic (exact) mass is 189 g/mol. The van der Waals surface area contributed by atoms with Crippen LogP contribution in [0.4, 0.5) is 0 Å². The van der Waals surface area contributed by atoms with Crippen molar-refractivity contribution in [1.29, 1.82) is 0 Å². The van der Waals surface area contributed by atoms with Crippen molar-refractivity contribution in [1.82, 2.24) is 16.0 Å². The van der Waals surface area contributed by atoms with Gasteiger partial charge in [-0.3, -0.25) is 4.79 Å². The van der Waals surface area contributed by atoms with Crippen LogP contribution >= 0.6 is 0 Å². The zero-order chi connectivity index (χ0) is 10.3. The van der Waals surface area contributed by atoms with Gasteiger partial charge in [-0.15, -0.1) is 0 Å². The lowest BCUT2D eigenvalue weighted by Crippen LogP contribution is -2.52. The quantitative estimate of drug-likeness (QED) is 0.401. The second-order valence-electron chi connectivity index (χ2n) is 3.18. The molecular formula is C8H19N3O2. The van der Waals surface area contributed by atoms with Gasteiger partial charge < -0.3 is 21.1 Å². The fourth-order valence-corrected chi connectivity index (χ4v) is 1.43. The van der Waals surface area contributed by atoms with Crippen LogP contribution in [0.15, 0.2) is 0 Å². The SMILES string of the molecule is CNCC(CNC)(CNC)C(=O)O. The van der Waals surface area contributed by atoms with Crippen LogP contribution in [-0.4, -0.2) is 51.9 Å². The molecule has 78 valence electrons.